The van der Waals surface area contributed by atoms with E-state index in [0.717, 1.165) is 36.4 Å². The van der Waals surface area contributed by atoms with E-state index < -0.39 is 38.5 Å². The highest BCUT2D eigenvalue weighted by atomic mass is 32.2. The van der Waals surface area contributed by atoms with Crippen molar-refractivity contribution in [2.75, 3.05) is 26.2 Å². The molecule has 0 spiro atoms. The van der Waals surface area contributed by atoms with Gasteiger partial charge in [-0.25, -0.2) is 8.42 Å². The van der Waals surface area contributed by atoms with E-state index in [9.17, 15) is 50.0 Å². The number of alkyl halides is 6. The van der Waals surface area contributed by atoms with Crippen molar-refractivity contribution >= 4 is 15.7 Å². The molecular formula is C20H19F6N3O5S. The molecule has 0 aromatic heterocycles. The van der Waals surface area contributed by atoms with Gasteiger partial charge >= 0.3 is 12.4 Å². The lowest BCUT2D eigenvalue weighted by molar-refractivity contribution is -0.384. The molecule has 0 saturated carbocycles. The summed E-state index contributed by atoms with van der Waals surface area (Å²) in [7, 11) is -3.91. The number of hydrogen-bond acceptors (Lipinski definition) is 6. The van der Waals surface area contributed by atoms with Crippen molar-refractivity contribution in [2.24, 2.45) is 0 Å². The Balaban J connectivity index is 1.65. The van der Waals surface area contributed by atoms with E-state index in [0.29, 0.717) is 17.7 Å². The molecule has 8 nitrogen and oxygen atoms in total. The normalized spacial score (nSPS) is 16.9. The SMILES string of the molecule is O=[N+]([O-])c1ccc(S(=O)(=O)N2CCN(Cc3ccc(C(O)(C(F)(F)F)C(F)(F)F)cc3)CC2)cc1. The summed E-state index contributed by atoms with van der Waals surface area (Å²) in [5, 5.41) is 20.2. The standard InChI is InChI=1S/C20H19F6N3O5S/c21-19(22,23)18(30,20(24,25)26)15-3-1-14(2-4-15)13-27-9-11-28(12-10-27)35(33,34)17-7-5-16(6-8-17)29(31)32/h1-8,30H,9-13H2. The van der Waals surface area contributed by atoms with Crippen molar-refractivity contribution in [1.29, 1.82) is 0 Å². The monoisotopic (exact) mass is 527 g/mol. The van der Waals surface area contributed by atoms with Crippen molar-refractivity contribution in [1.82, 2.24) is 9.21 Å². The fraction of sp³-hybridized carbons (Fsp3) is 0.400. The Morgan fingerprint density at radius 3 is 1.77 bits per heavy atom. The molecule has 0 unspecified atom stereocenters. The second-order valence-electron chi connectivity index (χ2n) is 7.83. The number of rotatable bonds is 6. The average molecular weight is 527 g/mol. The molecule has 2 aromatic carbocycles. The summed E-state index contributed by atoms with van der Waals surface area (Å²) < 4.78 is 105. The second-order valence-corrected chi connectivity index (χ2v) is 9.77. The van der Waals surface area contributed by atoms with Gasteiger partial charge in [-0.3, -0.25) is 15.0 Å². The first-order valence-electron chi connectivity index (χ1n) is 9.99. The minimum atomic E-state index is -5.97. The van der Waals surface area contributed by atoms with Crippen molar-refractivity contribution in [3.8, 4) is 0 Å². The van der Waals surface area contributed by atoms with Gasteiger partial charge in [-0.05, 0) is 17.7 Å². The number of non-ortho nitro benzene ring substituents is 1. The fourth-order valence-corrected chi connectivity index (χ4v) is 5.04. The van der Waals surface area contributed by atoms with Gasteiger partial charge in [-0.2, -0.15) is 30.6 Å². The number of halogens is 6. The molecule has 1 fully saturated rings. The number of piperazine rings is 1. The molecule has 35 heavy (non-hydrogen) atoms. The molecule has 1 saturated heterocycles. The molecule has 0 bridgehead atoms. The average Bonchev–Trinajstić information content (AvgIpc) is 2.78. The van der Waals surface area contributed by atoms with Crippen LogP contribution in [0.3, 0.4) is 0 Å². The van der Waals surface area contributed by atoms with Gasteiger partial charge in [0, 0.05) is 50.4 Å². The quantitative estimate of drug-likeness (QED) is 0.351. The summed E-state index contributed by atoms with van der Waals surface area (Å²) in [4.78, 5) is 11.7. The minimum absolute atomic E-state index is 0.0549. The molecular weight excluding hydrogens is 508 g/mol. The van der Waals surface area contributed by atoms with Crippen molar-refractivity contribution in [2.45, 2.75) is 29.4 Å². The van der Waals surface area contributed by atoms with Crippen LogP contribution < -0.4 is 0 Å². The van der Waals surface area contributed by atoms with Gasteiger partial charge in [0.2, 0.25) is 10.0 Å². The minimum Gasteiger partial charge on any atom is -0.369 e. The number of sulfonamides is 1. The van der Waals surface area contributed by atoms with Gasteiger partial charge in [-0.15, -0.1) is 0 Å². The number of nitrogens with zero attached hydrogens (tertiary/aromatic N) is 3. The molecule has 1 aliphatic rings. The van der Waals surface area contributed by atoms with Crippen molar-refractivity contribution < 1.29 is 44.8 Å². The van der Waals surface area contributed by atoms with Crippen LogP contribution in [0.4, 0.5) is 32.0 Å². The van der Waals surface area contributed by atoms with Gasteiger partial charge in [0.1, 0.15) is 0 Å². The maximum atomic E-state index is 13.0. The summed E-state index contributed by atoms with van der Waals surface area (Å²) in [5.41, 5.74) is -6.26. The zero-order valence-electron chi connectivity index (χ0n) is 17.8. The Hall–Kier alpha value is -2.75. The number of benzene rings is 2. The van der Waals surface area contributed by atoms with Gasteiger partial charge in [0.15, 0.2) is 0 Å². The highest BCUT2D eigenvalue weighted by Crippen LogP contribution is 2.49. The Bertz CT molecular complexity index is 1150. The van der Waals surface area contributed by atoms with Crippen LogP contribution in [0.25, 0.3) is 0 Å². The van der Waals surface area contributed by atoms with Crippen molar-refractivity contribution in [3.05, 3.63) is 69.8 Å². The van der Waals surface area contributed by atoms with E-state index in [1.807, 2.05) is 0 Å². The third-order valence-electron chi connectivity index (χ3n) is 5.61. The number of aliphatic hydroxyl groups is 1. The molecule has 1 heterocycles. The van der Waals surface area contributed by atoms with Gasteiger partial charge in [0.05, 0.1) is 9.82 Å². The molecule has 2 aromatic rings. The first-order valence-corrected chi connectivity index (χ1v) is 11.4. The van der Waals surface area contributed by atoms with Crippen LogP contribution >= 0.6 is 0 Å². The summed E-state index contributed by atoms with van der Waals surface area (Å²) in [6, 6.07) is 7.61. The lowest BCUT2D eigenvalue weighted by Gasteiger charge is -2.34. The topological polar surface area (TPSA) is 104 Å². The van der Waals surface area contributed by atoms with Crippen LogP contribution in [0.15, 0.2) is 53.4 Å². The number of hydrogen-bond donors (Lipinski definition) is 1. The van der Waals surface area contributed by atoms with Crippen LogP contribution in [0.2, 0.25) is 0 Å². The molecule has 3 rings (SSSR count). The Morgan fingerprint density at radius 2 is 1.34 bits per heavy atom. The molecule has 0 amide bonds. The maximum Gasteiger partial charge on any atom is 0.430 e. The van der Waals surface area contributed by atoms with Crippen LogP contribution in [0.5, 0.6) is 0 Å². The molecule has 1 N–H and O–H groups in total. The summed E-state index contributed by atoms with van der Waals surface area (Å²) >= 11 is 0. The largest absolute Gasteiger partial charge is 0.430 e. The molecule has 0 atom stereocenters. The van der Waals surface area contributed by atoms with E-state index >= 15 is 0 Å². The molecule has 0 aliphatic carbocycles. The molecule has 192 valence electrons. The summed E-state index contributed by atoms with van der Waals surface area (Å²) in [6.45, 7) is 0.687. The van der Waals surface area contributed by atoms with Crippen LogP contribution in [0, 0.1) is 10.1 Å². The first-order chi connectivity index (χ1) is 16.1. The van der Waals surface area contributed by atoms with Crippen LogP contribution in [0.1, 0.15) is 11.1 Å². The fourth-order valence-electron chi connectivity index (χ4n) is 3.61. The summed E-state index contributed by atoms with van der Waals surface area (Å²) in [6.07, 6.45) is -11.9. The number of nitro groups is 1. The summed E-state index contributed by atoms with van der Waals surface area (Å²) in [5.74, 6) is 0. The van der Waals surface area contributed by atoms with Crippen LogP contribution in [-0.4, -0.2) is 66.2 Å². The van der Waals surface area contributed by atoms with E-state index in [4.69, 9.17) is 0 Å². The zero-order chi connectivity index (χ0) is 26.2. The van der Waals surface area contributed by atoms with Gasteiger partial charge in [-0.1, -0.05) is 24.3 Å². The van der Waals surface area contributed by atoms with Gasteiger partial charge in [0.25, 0.3) is 11.3 Å². The van der Waals surface area contributed by atoms with E-state index in [-0.39, 0.29) is 43.3 Å². The second kappa shape index (κ2) is 9.37. The first kappa shape index (κ1) is 26.8. The molecule has 0 radical (unpaired) electrons. The Kier molecular flexibility index (Phi) is 7.19. The lowest BCUT2D eigenvalue weighted by Crippen LogP contribution is -2.53. The van der Waals surface area contributed by atoms with Crippen LogP contribution in [-0.2, 0) is 22.2 Å². The highest BCUT2D eigenvalue weighted by molar-refractivity contribution is 7.89. The third-order valence-corrected chi connectivity index (χ3v) is 7.53. The maximum absolute atomic E-state index is 13.0. The molecule has 15 heteroatoms. The Labute approximate surface area is 195 Å². The zero-order valence-corrected chi connectivity index (χ0v) is 18.6. The molecule has 1 aliphatic heterocycles. The Morgan fingerprint density at radius 1 is 0.857 bits per heavy atom. The van der Waals surface area contributed by atoms with E-state index in [1.165, 1.54) is 4.31 Å². The predicted octanol–water partition coefficient (Wildman–Crippen LogP) is 3.41. The van der Waals surface area contributed by atoms with E-state index in [1.54, 1.807) is 4.90 Å². The van der Waals surface area contributed by atoms with E-state index in [2.05, 4.69) is 0 Å². The predicted molar refractivity (Wildman–Crippen MR) is 110 cm³/mol. The highest BCUT2D eigenvalue weighted by Gasteiger charge is 2.71. The number of nitro benzene ring substituents is 1. The van der Waals surface area contributed by atoms with Gasteiger partial charge < -0.3 is 5.11 Å². The smallest absolute Gasteiger partial charge is 0.369 e. The lowest BCUT2D eigenvalue weighted by atomic mass is 9.91. The van der Waals surface area contributed by atoms with Crippen molar-refractivity contribution in [3.63, 3.8) is 0 Å². The third kappa shape index (κ3) is 5.27.